The first-order valence-electron chi connectivity index (χ1n) is 7.03. The number of aromatic nitrogens is 2. The van der Waals surface area contributed by atoms with Crippen LogP contribution in [0, 0.1) is 11.6 Å². The molecule has 3 aromatic rings. The minimum absolute atomic E-state index is 0.0100. The van der Waals surface area contributed by atoms with Gasteiger partial charge in [-0.1, -0.05) is 29.0 Å². The van der Waals surface area contributed by atoms with Crippen molar-refractivity contribution in [3.63, 3.8) is 0 Å². The highest BCUT2D eigenvalue weighted by Gasteiger charge is 2.07. The number of halogens is 2. The molecule has 0 spiro atoms. The lowest BCUT2D eigenvalue weighted by Crippen LogP contribution is -2.33. The first kappa shape index (κ1) is 15.7. The molecule has 24 heavy (non-hydrogen) atoms. The van der Waals surface area contributed by atoms with Crippen molar-refractivity contribution in [3.8, 4) is 11.1 Å². The Labute approximate surface area is 134 Å². The molecule has 1 aromatic heterocycles. The van der Waals surface area contributed by atoms with Crippen LogP contribution in [0.5, 0.6) is 0 Å². The van der Waals surface area contributed by atoms with Gasteiger partial charge in [0, 0.05) is 29.8 Å². The lowest BCUT2D eigenvalue weighted by atomic mass is 10.0. The standard InChI is InChI=1S/C17H12F2N2O3/c18-12-5-6-14(15(19)8-12)11-3-1-10(2-4-11)7-13-9-16(22)21(24)17(23)20-13/h1-6,8-9,24H,7H2,(H,20,23). The quantitative estimate of drug-likeness (QED) is 0.724. The van der Waals surface area contributed by atoms with Crippen LogP contribution in [0.3, 0.4) is 0 Å². The van der Waals surface area contributed by atoms with Gasteiger partial charge in [-0.3, -0.25) is 4.79 Å². The molecule has 0 saturated heterocycles. The Morgan fingerprint density at radius 2 is 1.71 bits per heavy atom. The van der Waals surface area contributed by atoms with Gasteiger partial charge in [0.05, 0.1) is 0 Å². The second-order valence-corrected chi connectivity index (χ2v) is 5.25. The zero-order valence-corrected chi connectivity index (χ0v) is 12.3. The minimum Gasteiger partial charge on any atom is -0.421 e. The Morgan fingerprint density at radius 3 is 2.33 bits per heavy atom. The lowest BCUT2D eigenvalue weighted by Gasteiger charge is -2.06. The van der Waals surface area contributed by atoms with E-state index in [0.29, 0.717) is 11.3 Å². The maximum Gasteiger partial charge on any atom is 0.362 e. The molecule has 0 aliphatic heterocycles. The number of nitrogens with one attached hydrogen (secondary N) is 1. The third-order valence-electron chi connectivity index (χ3n) is 3.56. The summed E-state index contributed by atoms with van der Waals surface area (Å²) in [5.74, 6) is -1.30. The van der Waals surface area contributed by atoms with E-state index in [-0.39, 0.29) is 16.7 Å². The lowest BCUT2D eigenvalue weighted by molar-refractivity contribution is 0.160. The predicted molar refractivity (Wildman–Crippen MR) is 83.1 cm³/mol. The molecule has 5 nitrogen and oxygen atoms in total. The number of hydrogen-bond donors (Lipinski definition) is 2. The van der Waals surface area contributed by atoms with Crippen molar-refractivity contribution in [2.45, 2.75) is 6.42 Å². The first-order chi connectivity index (χ1) is 11.4. The summed E-state index contributed by atoms with van der Waals surface area (Å²) in [7, 11) is 0. The van der Waals surface area contributed by atoms with Crippen molar-refractivity contribution in [1.29, 1.82) is 0 Å². The molecule has 3 rings (SSSR count). The summed E-state index contributed by atoms with van der Waals surface area (Å²) in [6.45, 7) is 0. The Bertz CT molecular complexity index is 976. The predicted octanol–water partition coefficient (Wildman–Crippen LogP) is 2.31. The van der Waals surface area contributed by atoms with E-state index >= 15 is 0 Å². The van der Waals surface area contributed by atoms with Gasteiger partial charge in [-0.05, 0) is 23.3 Å². The summed E-state index contributed by atoms with van der Waals surface area (Å²) in [6, 6.07) is 11.2. The molecule has 0 aliphatic rings. The SMILES string of the molecule is O=c1cc(Cc2ccc(-c3ccc(F)cc3F)cc2)[nH]c(=O)n1O. The summed E-state index contributed by atoms with van der Waals surface area (Å²) in [6.07, 6.45) is 0.261. The van der Waals surface area contributed by atoms with E-state index in [4.69, 9.17) is 5.21 Å². The molecule has 0 aliphatic carbocycles. The summed E-state index contributed by atoms with van der Waals surface area (Å²) >= 11 is 0. The number of benzene rings is 2. The Morgan fingerprint density at radius 1 is 1.00 bits per heavy atom. The maximum absolute atomic E-state index is 13.8. The van der Waals surface area contributed by atoms with E-state index in [2.05, 4.69) is 4.98 Å². The number of nitrogens with zero attached hydrogens (tertiary/aromatic N) is 1. The molecule has 0 unspecified atom stereocenters. The zero-order chi connectivity index (χ0) is 17.3. The maximum atomic E-state index is 13.8. The van der Waals surface area contributed by atoms with Gasteiger partial charge >= 0.3 is 5.69 Å². The van der Waals surface area contributed by atoms with Crippen LogP contribution >= 0.6 is 0 Å². The molecule has 0 bridgehead atoms. The number of H-pyrrole nitrogens is 1. The molecular formula is C17H12F2N2O3. The van der Waals surface area contributed by atoms with E-state index in [9.17, 15) is 18.4 Å². The van der Waals surface area contributed by atoms with Crippen LogP contribution < -0.4 is 11.2 Å². The second kappa shape index (κ2) is 6.11. The van der Waals surface area contributed by atoms with E-state index in [1.54, 1.807) is 24.3 Å². The van der Waals surface area contributed by atoms with Gasteiger partial charge < -0.3 is 10.2 Å². The highest BCUT2D eigenvalue weighted by Crippen LogP contribution is 2.24. The fourth-order valence-corrected chi connectivity index (χ4v) is 2.38. The van der Waals surface area contributed by atoms with E-state index in [0.717, 1.165) is 17.7 Å². The topological polar surface area (TPSA) is 75.1 Å². The molecule has 0 radical (unpaired) electrons. The van der Waals surface area contributed by atoms with Gasteiger partial charge in [0.25, 0.3) is 5.56 Å². The van der Waals surface area contributed by atoms with Crippen molar-refractivity contribution in [2.75, 3.05) is 0 Å². The molecule has 2 aromatic carbocycles. The summed E-state index contributed by atoms with van der Waals surface area (Å²) in [5, 5.41) is 9.10. The van der Waals surface area contributed by atoms with Gasteiger partial charge in [0.1, 0.15) is 11.6 Å². The molecule has 0 fully saturated rings. The summed E-state index contributed by atoms with van der Waals surface area (Å²) in [5.41, 5.74) is 0.235. The van der Waals surface area contributed by atoms with Crippen molar-refractivity contribution in [1.82, 2.24) is 9.71 Å². The Kier molecular flexibility index (Phi) is 3.99. The van der Waals surface area contributed by atoms with Crippen LogP contribution in [0.4, 0.5) is 8.78 Å². The molecule has 122 valence electrons. The fraction of sp³-hybridized carbons (Fsp3) is 0.0588. The van der Waals surface area contributed by atoms with Crippen LogP contribution in [0.1, 0.15) is 11.3 Å². The van der Waals surface area contributed by atoms with Crippen LogP contribution in [-0.2, 0) is 6.42 Å². The fourth-order valence-electron chi connectivity index (χ4n) is 2.38. The Balaban J connectivity index is 1.87. The van der Waals surface area contributed by atoms with Crippen LogP contribution in [0.15, 0.2) is 58.1 Å². The number of hydrogen-bond acceptors (Lipinski definition) is 3. The van der Waals surface area contributed by atoms with Crippen molar-refractivity contribution in [3.05, 3.63) is 92.3 Å². The highest BCUT2D eigenvalue weighted by atomic mass is 19.1. The van der Waals surface area contributed by atoms with Gasteiger partial charge in [-0.15, -0.1) is 0 Å². The molecule has 1 heterocycles. The molecule has 0 saturated carbocycles. The molecule has 2 N–H and O–H groups in total. The number of aromatic amines is 1. The van der Waals surface area contributed by atoms with Gasteiger partial charge in [-0.2, -0.15) is 0 Å². The third kappa shape index (κ3) is 3.10. The minimum atomic E-state index is -0.914. The molecule has 0 amide bonds. The normalized spacial score (nSPS) is 10.8. The smallest absolute Gasteiger partial charge is 0.362 e. The molecule has 7 heteroatoms. The van der Waals surface area contributed by atoms with Crippen LogP contribution in [0.25, 0.3) is 11.1 Å². The van der Waals surface area contributed by atoms with Gasteiger partial charge in [0.15, 0.2) is 0 Å². The van der Waals surface area contributed by atoms with E-state index < -0.39 is 22.9 Å². The van der Waals surface area contributed by atoms with Crippen LogP contribution in [0.2, 0.25) is 0 Å². The van der Waals surface area contributed by atoms with E-state index in [1.165, 1.54) is 12.1 Å². The summed E-state index contributed by atoms with van der Waals surface area (Å²) < 4.78 is 26.7. The highest BCUT2D eigenvalue weighted by molar-refractivity contribution is 5.64. The monoisotopic (exact) mass is 330 g/mol. The third-order valence-corrected chi connectivity index (χ3v) is 3.56. The van der Waals surface area contributed by atoms with Crippen molar-refractivity contribution in [2.24, 2.45) is 0 Å². The first-order valence-corrected chi connectivity index (χ1v) is 7.03. The van der Waals surface area contributed by atoms with Crippen LogP contribution in [-0.4, -0.2) is 14.9 Å². The largest absolute Gasteiger partial charge is 0.421 e. The molecular weight excluding hydrogens is 318 g/mol. The second-order valence-electron chi connectivity index (χ2n) is 5.25. The summed E-state index contributed by atoms with van der Waals surface area (Å²) in [4.78, 5) is 25.1. The van der Waals surface area contributed by atoms with Gasteiger partial charge in [-0.25, -0.2) is 13.6 Å². The Hall–Kier alpha value is -3.22. The number of rotatable bonds is 3. The molecule has 0 atom stereocenters. The average Bonchev–Trinajstić information content (AvgIpc) is 2.54. The van der Waals surface area contributed by atoms with Gasteiger partial charge in [0.2, 0.25) is 0 Å². The average molecular weight is 330 g/mol. The van der Waals surface area contributed by atoms with Crippen molar-refractivity contribution < 1.29 is 14.0 Å². The zero-order valence-electron chi connectivity index (χ0n) is 12.3. The van der Waals surface area contributed by atoms with Crippen molar-refractivity contribution >= 4 is 0 Å². The van der Waals surface area contributed by atoms with E-state index in [1.807, 2.05) is 0 Å².